The van der Waals surface area contributed by atoms with E-state index in [1.807, 2.05) is 76.8 Å². The van der Waals surface area contributed by atoms with Crippen LogP contribution in [-0.2, 0) is 25.5 Å². The van der Waals surface area contributed by atoms with Gasteiger partial charge in [0.05, 0.1) is 24.2 Å². The van der Waals surface area contributed by atoms with Gasteiger partial charge in [-0.1, -0.05) is 24.3 Å². The predicted molar refractivity (Wildman–Crippen MR) is 145 cm³/mol. The Morgan fingerprint density at radius 3 is 2.38 bits per heavy atom. The van der Waals surface area contributed by atoms with Gasteiger partial charge in [0.25, 0.3) is 0 Å². The molecule has 2 atom stereocenters. The number of primary amides is 1. The van der Waals surface area contributed by atoms with E-state index in [0.29, 0.717) is 39.0 Å². The highest BCUT2D eigenvalue weighted by molar-refractivity contribution is 5.84. The maximum Gasteiger partial charge on any atom is 0.404 e. The maximum atomic E-state index is 14.2. The van der Waals surface area contributed by atoms with Crippen LogP contribution in [0.1, 0.15) is 66.4 Å². The molecule has 0 aliphatic heterocycles. The van der Waals surface area contributed by atoms with E-state index in [2.05, 4.69) is 10.3 Å². The standard InChI is InChI=1S/C28H44N4O5/c1-7-35-26(36-8-2)20(3)32(19-22-14-11-13-21-15-12-17-30-24(21)22)25(33)23(31-28(4,5)6)16-9-10-18-37-27(29)34/h11-15,17,20,23,26,31H,7-10,16,18-19H2,1-6H3,(H2,29,34)/t20-,23-/m0/s1. The number of unbranched alkanes of at least 4 members (excludes halogenated alkanes) is 1. The lowest BCUT2D eigenvalue weighted by molar-refractivity contribution is -0.180. The minimum atomic E-state index is -0.790. The van der Waals surface area contributed by atoms with Gasteiger partial charge in [0.2, 0.25) is 5.91 Å². The number of pyridine rings is 1. The van der Waals surface area contributed by atoms with Gasteiger partial charge >= 0.3 is 6.09 Å². The summed E-state index contributed by atoms with van der Waals surface area (Å²) in [5.41, 5.74) is 6.59. The van der Waals surface area contributed by atoms with Crippen molar-refractivity contribution in [3.8, 4) is 0 Å². The van der Waals surface area contributed by atoms with Crippen LogP contribution in [0.4, 0.5) is 4.79 Å². The maximum absolute atomic E-state index is 14.2. The number of aromatic nitrogens is 1. The Labute approximate surface area is 221 Å². The third kappa shape index (κ3) is 9.91. The molecule has 1 heterocycles. The first kappa shape index (κ1) is 30.5. The molecule has 206 valence electrons. The summed E-state index contributed by atoms with van der Waals surface area (Å²) >= 11 is 0. The molecule has 37 heavy (non-hydrogen) atoms. The number of carbonyl (C=O) groups is 2. The van der Waals surface area contributed by atoms with Crippen molar-refractivity contribution in [3.63, 3.8) is 0 Å². The van der Waals surface area contributed by atoms with E-state index in [9.17, 15) is 9.59 Å². The van der Waals surface area contributed by atoms with Gasteiger partial charge in [0.1, 0.15) is 0 Å². The lowest BCUT2D eigenvalue weighted by atomic mass is 10.0. The third-order valence-corrected chi connectivity index (χ3v) is 5.92. The number of fused-ring (bicyclic) bond motifs is 1. The van der Waals surface area contributed by atoms with Crippen molar-refractivity contribution in [2.24, 2.45) is 5.73 Å². The van der Waals surface area contributed by atoms with Crippen molar-refractivity contribution in [2.75, 3.05) is 19.8 Å². The van der Waals surface area contributed by atoms with Crippen molar-refractivity contribution in [1.29, 1.82) is 0 Å². The molecule has 9 heteroatoms. The van der Waals surface area contributed by atoms with Crippen molar-refractivity contribution in [3.05, 3.63) is 42.1 Å². The van der Waals surface area contributed by atoms with E-state index in [1.165, 1.54) is 0 Å². The molecular formula is C28H44N4O5. The molecule has 0 bridgehead atoms. The number of nitrogens with two attached hydrogens (primary N) is 1. The number of hydrogen-bond donors (Lipinski definition) is 2. The van der Waals surface area contributed by atoms with Gasteiger partial charge in [-0.25, -0.2) is 4.79 Å². The number of rotatable bonds is 15. The lowest BCUT2D eigenvalue weighted by Gasteiger charge is -2.38. The summed E-state index contributed by atoms with van der Waals surface area (Å²) in [6.07, 6.45) is 2.28. The van der Waals surface area contributed by atoms with Gasteiger partial charge in [0, 0.05) is 36.9 Å². The zero-order valence-corrected chi connectivity index (χ0v) is 23.2. The minimum Gasteiger partial charge on any atom is -0.450 e. The Kier molecular flexibility index (Phi) is 12.2. The zero-order chi connectivity index (χ0) is 27.4. The molecule has 0 aliphatic rings. The lowest BCUT2D eigenvalue weighted by Crippen LogP contribution is -2.56. The number of para-hydroxylation sites is 1. The van der Waals surface area contributed by atoms with E-state index in [1.54, 1.807) is 6.20 Å². The molecule has 0 spiro atoms. The summed E-state index contributed by atoms with van der Waals surface area (Å²) in [5, 5.41) is 4.51. The smallest absolute Gasteiger partial charge is 0.404 e. The van der Waals surface area contributed by atoms with Gasteiger partial charge in [-0.15, -0.1) is 0 Å². The first-order valence-electron chi connectivity index (χ1n) is 13.1. The van der Waals surface area contributed by atoms with E-state index in [0.717, 1.165) is 16.5 Å². The summed E-state index contributed by atoms with van der Waals surface area (Å²) in [5.74, 6) is -0.0458. The Morgan fingerprint density at radius 2 is 1.76 bits per heavy atom. The Balaban J connectivity index is 2.38. The molecule has 1 aromatic carbocycles. The van der Waals surface area contributed by atoms with E-state index in [-0.39, 0.29) is 24.1 Å². The topological polar surface area (TPSA) is 116 Å². The van der Waals surface area contributed by atoms with Gasteiger partial charge in [-0.3, -0.25) is 9.78 Å². The zero-order valence-electron chi connectivity index (χ0n) is 23.2. The third-order valence-electron chi connectivity index (χ3n) is 5.92. The molecule has 0 fully saturated rings. The van der Waals surface area contributed by atoms with Gasteiger partial charge < -0.3 is 30.2 Å². The highest BCUT2D eigenvalue weighted by Gasteiger charge is 2.34. The van der Waals surface area contributed by atoms with Crippen LogP contribution in [0.5, 0.6) is 0 Å². The normalized spacial score (nSPS) is 13.5. The monoisotopic (exact) mass is 516 g/mol. The summed E-state index contributed by atoms with van der Waals surface area (Å²) in [6.45, 7) is 13.4. The predicted octanol–water partition coefficient (Wildman–Crippen LogP) is 4.37. The Hall–Kier alpha value is -2.75. The molecule has 3 N–H and O–H groups in total. The molecule has 1 aromatic heterocycles. The van der Waals surface area contributed by atoms with Crippen LogP contribution >= 0.6 is 0 Å². The summed E-state index contributed by atoms with van der Waals surface area (Å²) in [4.78, 5) is 31.5. The van der Waals surface area contributed by atoms with Crippen LogP contribution < -0.4 is 11.1 Å². The minimum absolute atomic E-state index is 0.0458. The number of hydrogen-bond acceptors (Lipinski definition) is 7. The van der Waals surface area contributed by atoms with Crippen molar-refractivity contribution >= 4 is 22.9 Å². The number of nitrogens with one attached hydrogen (secondary N) is 1. The quantitative estimate of drug-likeness (QED) is 0.267. The van der Waals surface area contributed by atoms with Crippen LogP contribution in [0.3, 0.4) is 0 Å². The van der Waals surface area contributed by atoms with Crippen LogP contribution in [-0.4, -0.2) is 65.6 Å². The first-order valence-corrected chi connectivity index (χ1v) is 13.1. The molecule has 0 unspecified atom stereocenters. The summed E-state index contributed by atoms with van der Waals surface area (Å²) in [6, 6.07) is 9.12. The number of nitrogens with zero attached hydrogens (tertiary/aromatic N) is 2. The number of carbonyl (C=O) groups excluding carboxylic acids is 2. The SMILES string of the molecule is CCOC(OCC)[C@H](C)N(Cc1cccc2cccnc12)C(=O)[C@H](CCCCOC(N)=O)NC(C)(C)C. The first-order chi connectivity index (χ1) is 17.6. The molecule has 0 saturated heterocycles. The molecule has 0 saturated carbocycles. The highest BCUT2D eigenvalue weighted by atomic mass is 16.7. The molecular weight excluding hydrogens is 472 g/mol. The molecule has 2 amide bonds. The second-order valence-corrected chi connectivity index (χ2v) is 10.1. The number of benzene rings is 1. The average molecular weight is 517 g/mol. The van der Waals surface area contributed by atoms with Gasteiger partial charge in [-0.05, 0) is 72.4 Å². The van der Waals surface area contributed by atoms with Crippen molar-refractivity contribution in [2.45, 2.75) is 91.3 Å². The van der Waals surface area contributed by atoms with E-state index < -0.39 is 18.4 Å². The molecule has 0 aliphatic carbocycles. The fraction of sp³-hybridized carbons (Fsp3) is 0.607. The highest BCUT2D eigenvalue weighted by Crippen LogP contribution is 2.23. The molecule has 9 nitrogen and oxygen atoms in total. The van der Waals surface area contributed by atoms with Crippen LogP contribution in [0.15, 0.2) is 36.5 Å². The Bertz CT molecular complexity index is 983. The van der Waals surface area contributed by atoms with Gasteiger partial charge in [0.15, 0.2) is 6.29 Å². The molecule has 2 aromatic rings. The molecule has 2 rings (SSSR count). The van der Waals surface area contributed by atoms with E-state index >= 15 is 0 Å². The van der Waals surface area contributed by atoms with Crippen LogP contribution in [0.25, 0.3) is 10.9 Å². The fourth-order valence-electron chi connectivity index (χ4n) is 4.31. The number of ether oxygens (including phenoxy) is 3. The summed E-state index contributed by atoms with van der Waals surface area (Å²) < 4.78 is 16.7. The molecule has 0 radical (unpaired) electrons. The van der Waals surface area contributed by atoms with Crippen LogP contribution in [0.2, 0.25) is 0 Å². The van der Waals surface area contributed by atoms with Crippen molar-refractivity contribution < 1.29 is 23.8 Å². The second kappa shape index (κ2) is 14.9. The second-order valence-electron chi connectivity index (χ2n) is 10.1. The van der Waals surface area contributed by atoms with Gasteiger partial charge in [-0.2, -0.15) is 0 Å². The largest absolute Gasteiger partial charge is 0.450 e. The fourth-order valence-corrected chi connectivity index (χ4v) is 4.31. The number of amides is 2. The van der Waals surface area contributed by atoms with Crippen LogP contribution in [0, 0.1) is 0 Å². The average Bonchev–Trinajstić information content (AvgIpc) is 2.84. The summed E-state index contributed by atoms with van der Waals surface area (Å²) in [7, 11) is 0. The Morgan fingerprint density at radius 1 is 1.08 bits per heavy atom. The van der Waals surface area contributed by atoms with E-state index in [4.69, 9.17) is 19.9 Å². The van der Waals surface area contributed by atoms with Crippen molar-refractivity contribution in [1.82, 2.24) is 15.2 Å².